The van der Waals surface area contributed by atoms with Gasteiger partial charge in [-0.2, -0.15) is 0 Å². The molecule has 0 radical (unpaired) electrons. The van der Waals surface area contributed by atoms with Crippen molar-refractivity contribution in [2.75, 3.05) is 25.6 Å². The predicted molar refractivity (Wildman–Crippen MR) is 80.0 cm³/mol. The smallest absolute Gasteiger partial charge is 0.408 e. The number of nitrogens with one attached hydrogen (secondary N) is 1. The third-order valence-electron chi connectivity index (χ3n) is 2.66. The van der Waals surface area contributed by atoms with Crippen molar-refractivity contribution >= 4 is 11.8 Å². The van der Waals surface area contributed by atoms with Crippen molar-refractivity contribution in [3.05, 3.63) is 29.8 Å². The fourth-order valence-electron chi connectivity index (χ4n) is 1.70. The highest BCUT2D eigenvalue weighted by Gasteiger charge is 2.20. The number of benzene rings is 1. The minimum absolute atomic E-state index is 0.184. The fraction of sp³-hybridized carbons (Fsp3) is 0.533. The molecule has 2 N–H and O–H groups in total. The molecule has 0 bridgehead atoms. The Bertz CT molecular complexity index is 453. The molecule has 0 aliphatic heterocycles. The highest BCUT2D eigenvalue weighted by atomic mass is 16.6. The Morgan fingerprint density at radius 2 is 2.05 bits per heavy atom. The number of carbonyl (C=O) groups excluding carboxylic acids is 1. The van der Waals surface area contributed by atoms with E-state index in [4.69, 9.17) is 4.74 Å². The van der Waals surface area contributed by atoms with Gasteiger partial charge in [-0.3, -0.25) is 0 Å². The first-order chi connectivity index (χ1) is 9.23. The van der Waals surface area contributed by atoms with E-state index < -0.39 is 17.7 Å². The molecule has 0 aliphatic rings. The van der Waals surface area contributed by atoms with Crippen molar-refractivity contribution in [3.63, 3.8) is 0 Å². The van der Waals surface area contributed by atoms with Crippen LogP contribution in [0.4, 0.5) is 10.5 Å². The van der Waals surface area contributed by atoms with E-state index in [1.807, 2.05) is 43.3 Å². The molecule has 0 heterocycles. The summed E-state index contributed by atoms with van der Waals surface area (Å²) in [6, 6.07) is 7.17. The molecule has 0 saturated heterocycles. The van der Waals surface area contributed by atoms with Gasteiger partial charge in [0.05, 0.1) is 12.6 Å². The average Bonchev–Trinajstić information content (AvgIpc) is 2.34. The molecule has 20 heavy (non-hydrogen) atoms. The Morgan fingerprint density at radius 3 is 2.55 bits per heavy atom. The van der Waals surface area contributed by atoms with Crippen LogP contribution in [0.25, 0.3) is 0 Å². The van der Waals surface area contributed by atoms with E-state index in [9.17, 15) is 9.90 Å². The van der Waals surface area contributed by atoms with Crippen molar-refractivity contribution < 1.29 is 14.6 Å². The number of rotatable bonds is 4. The fourth-order valence-corrected chi connectivity index (χ4v) is 1.70. The van der Waals surface area contributed by atoms with E-state index in [0.29, 0.717) is 0 Å². The van der Waals surface area contributed by atoms with Gasteiger partial charge >= 0.3 is 6.09 Å². The number of hydrogen-bond donors (Lipinski definition) is 2. The molecular weight excluding hydrogens is 256 g/mol. The Hall–Kier alpha value is -1.75. The van der Waals surface area contributed by atoms with Gasteiger partial charge in [0.2, 0.25) is 0 Å². The number of nitrogens with zero attached hydrogens (tertiary/aromatic N) is 1. The predicted octanol–water partition coefficient (Wildman–Crippen LogP) is 2.31. The number of amides is 1. The van der Waals surface area contributed by atoms with E-state index >= 15 is 0 Å². The molecule has 5 heteroatoms. The summed E-state index contributed by atoms with van der Waals surface area (Å²) in [5.74, 6) is 0. The maximum atomic E-state index is 11.8. The zero-order chi connectivity index (χ0) is 15.3. The number of ether oxygens (including phenoxy) is 1. The molecule has 0 fully saturated rings. The van der Waals surface area contributed by atoms with E-state index in [0.717, 1.165) is 11.3 Å². The molecule has 1 rings (SSSR count). The molecule has 0 spiro atoms. The average molecular weight is 280 g/mol. The van der Waals surface area contributed by atoms with Crippen LogP contribution in [0, 0.1) is 0 Å². The molecule has 1 aromatic carbocycles. The lowest BCUT2D eigenvalue weighted by atomic mass is 10.1. The molecule has 5 nitrogen and oxygen atoms in total. The van der Waals surface area contributed by atoms with Gasteiger partial charge in [0.25, 0.3) is 0 Å². The SMILES string of the molecule is CN(C)c1cccc(C(CO)NC(=O)OC(C)(C)C)c1. The van der Waals surface area contributed by atoms with E-state index in [1.54, 1.807) is 20.8 Å². The summed E-state index contributed by atoms with van der Waals surface area (Å²) in [6.45, 7) is 5.21. The first-order valence-electron chi connectivity index (χ1n) is 6.60. The minimum Gasteiger partial charge on any atom is -0.444 e. The Kier molecular flexibility index (Phi) is 5.39. The number of hydrogen-bond acceptors (Lipinski definition) is 4. The van der Waals surface area contributed by atoms with Crippen LogP contribution < -0.4 is 10.2 Å². The van der Waals surface area contributed by atoms with Crippen LogP contribution in [0.3, 0.4) is 0 Å². The standard InChI is InChI=1S/C15H24N2O3/c1-15(2,3)20-14(19)16-13(10-18)11-7-6-8-12(9-11)17(4)5/h6-9,13,18H,10H2,1-5H3,(H,16,19). The lowest BCUT2D eigenvalue weighted by Gasteiger charge is -2.23. The third kappa shape index (κ3) is 5.09. The lowest BCUT2D eigenvalue weighted by molar-refractivity contribution is 0.0482. The van der Waals surface area contributed by atoms with Gasteiger partial charge in [-0.1, -0.05) is 12.1 Å². The van der Waals surface area contributed by atoms with Crippen LogP contribution in [0.1, 0.15) is 32.4 Å². The summed E-state index contributed by atoms with van der Waals surface area (Å²) in [4.78, 5) is 13.7. The zero-order valence-corrected chi connectivity index (χ0v) is 12.8. The van der Waals surface area contributed by atoms with Gasteiger partial charge in [0.1, 0.15) is 5.60 Å². The van der Waals surface area contributed by atoms with Crippen LogP contribution in [-0.2, 0) is 4.74 Å². The van der Waals surface area contributed by atoms with E-state index in [2.05, 4.69) is 5.32 Å². The quantitative estimate of drug-likeness (QED) is 0.888. The van der Waals surface area contributed by atoms with E-state index in [1.165, 1.54) is 0 Å². The van der Waals surface area contributed by atoms with Crippen LogP contribution in [0.5, 0.6) is 0 Å². The highest BCUT2D eigenvalue weighted by molar-refractivity contribution is 5.68. The lowest BCUT2D eigenvalue weighted by Crippen LogP contribution is -2.36. The van der Waals surface area contributed by atoms with Crippen molar-refractivity contribution in [3.8, 4) is 0 Å². The summed E-state index contributed by atoms with van der Waals surface area (Å²) in [5, 5.41) is 12.1. The second kappa shape index (κ2) is 6.61. The van der Waals surface area contributed by atoms with Crippen LogP contribution in [-0.4, -0.2) is 37.5 Å². The first-order valence-corrected chi connectivity index (χ1v) is 6.60. The Balaban J connectivity index is 2.81. The number of aliphatic hydroxyl groups excluding tert-OH is 1. The topological polar surface area (TPSA) is 61.8 Å². The summed E-state index contributed by atoms with van der Waals surface area (Å²) in [5.41, 5.74) is 1.28. The number of anilines is 1. The second-order valence-electron chi connectivity index (χ2n) is 5.87. The molecule has 0 saturated carbocycles. The summed E-state index contributed by atoms with van der Waals surface area (Å²) < 4.78 is 5.20. The van der Waals surface area contributed by atoms with Crippen LogP contribution in [0.15, 0.2) is 24.3 Å². The Labute approximate surface area is 120 Å². The van der Waals surface area contributed by atoms with Crippen molar-refractivity contribution in [2.24, 2.45) is 0 Å². The zero-order valence-electron chi connectivity index (χ0n) is 12.8. The van der Waals surface area contributed by atoms with Gasteiger partial charge < -0.3 is 20.1 Å². The van der Waals surface area contributed by atoms with Crippen molar-refractivity contribution in [1.29, 1.82) is 0 Å². The maximum absolute atomic E-state index is 11.8. The monoisotopic (exact) mass is 280 g/mol. The number of alkyl carbamates (subject to hydrolysis) is 1. The molecular formula is C15H24N2O3. The molecule has 0 aliphatic carbocycles. The summed E-state index contributed by atoms with van der Waals surface area (Å²) >= 11 is 0. The molecule has 112 valence electrons. The minimum atomic E-state index is -0.560. The van der Waals surface area contributed by atoms with Gasteiger partial charge in [-0.15, -0.1) is 0 Å². The van der Waals surface area contributed by atoms with E-state index in [-0.39, 0.29) is 6.61 Å². The molecule has 0 aromatic heterocycles. The maximum Gasteiger partial charge on any atom is 0.408 e. The normalized spacial score (nSPS) is 12.7. The molecule has 1 atom stereocenters. The first kappa shape index (κ1) is 16.3. The molecule has 1 aromatic rings. The third-order valence-corrected chi connectivity index (χ3v) is 2.66. The van der Waals surface area contributed by atoms with Crippen LogP contribution in [0.2, 0.25) is 0 Å². The van der Waals surface area contributed by atoms with Crippen LogP contribution >= 0.6 is 0 Å². The van der Waals surface area contributed by atoms with Gasteiger partial charge in [-0.25, -0.2) is 4.79 Å². The molecule has 1 amide bonds. The van der Waals surface area contributed by atoms with Crippen molar-refractivity contribution in [1.82, 2.24) is 5.32 Å². The molecule has 1 unspecified atom stereocenters. The largest absolute Gasteiger partial charge is 0.444 e. The highest BCUT2D eigenvalue weighted by Crippen LogP contribution is 2.19. The second-order valence-corrected chi connectivity index (χ2v) is 5.87. The summed E-state index contributed by atoms with van der Waals surface area (Å²) in [7, 11) is 3.88. The number of aliphatic hydroxyl groups is 1. The summed E-state index contributed by atoms with van der Waals surface area (Å²) in [6.07, 6.45) is -0.535. The van der Waals surface area contributed by atoms with Gasteiger partial charge in [0, 0.05) is 19.8 Å². The van der Waals surface area contributed by atoms with Gasteiger partial charge in [0.15, 0.2) is 0 Å². The Morgan fingerprint density at radius 1 is 1.40 bits per heavy atom. The van der Waals surface area contributed by atoms with Gasteiger partial charge in [-0.05, 0) is 38.5 Å². The van der Waals surface area contributed by atoms with Crippen molar-refractivity contribution in [2.45, 2.75) is 32.4 Å². The number of carbonyl (C=O) groups is 1.